The maximum absolute atomic E-state index is 11.5. The largest absolute Gasteiger partial charge is 0.465 e. The Morgan fingerprint density at radius 3 is 2.67 bits per heavy atom. The second-order valence-electron chi connectivity index (χ2n) is 3.64. The number of carbonyl (C=O) groups excluding carboxylic acids is 2. The zero-order valence-electron chi connectivity index (χ0n) is 10.5. The number of nitrogens with one attached hydrogen (secondary N) is 1. The Morgan fingerprint density at radius 2 is 2.17 bits per heavy atom. The van der Waals surface area contributed by atoms with Gasteiger partial charge in [0.05, 0.1) is 7.11 Å². The van der Waals surface area contributed by atoms with E-state index in [0.29, 0.717) is 12.8 Å². The van der Waals surface area contributed by atoms with Crippen molar-refractivity contribution >= 4 is 17.8 Å². The van der Waals surface area contributed by atoms with Crippen LogP contribution in [0, 0.1) is 18.3 Å². The van der Waals surface area contributed by atoms with Crippen molar-refractivity contribution in [3.8, 4) is 6.07 Å². The fourth-order valence-corrected chi connectivity index (χ4v) is 1.50. The summed E-state index contributed by atoms with van der Waals surface area (Å²) in [5.41, 5.74) is 0.0376. The molecule has 0 aliphatic carbocycles. The predicted molar refractivity (Wildman–Crippen MR) is 63.0 cm³/mol. The highest BCUT2D eigenvalue weighted by molar-refractivity contribution is 5.98. The molecule has 1 aromatic heterocycles. The molecule has 0 fully saturated rings. The molecule has 0 spiro atoms. The number of furan rings is 1. The van der Waals surface area contributed by atoms with E-state index in [9.17, 15) is 9.59 Å². The van der Waals surface area contributed by atoms with Crippen molar-refractivity contribution in [3.63, 3.8) is 0 Å². The zero-order valence-corrected chi connectivity index (χ0v) is 10.5. The van der Waals surface area contributed by atoms with Gasteiger partial charge in [-0.05, 0) is 13.3 Å². The van der Waals surface area contributed by atoms with Gasteiger partial charge >= 0.3 is 5.97 Å². The van der Waals surface area contributed by atoms with Crippen molar-refractivity contribution in [3.05, 3.63) is 16.9 Å². The Bertz CT molecular complexity index is 511. The van der Waals surface area contributed by atoms with Gasteiger partial charge in [-0.2, -0.15) is 5.26 Å². The first kappa shape index (κ1) is 13.8. The molecule has 0 radical (unpaired) electrons. The number of hydrogen-bond donors (Lipinski definition) is 1. The van der Waals surface area contributed by atoms with Crippen LogP contribution in [-0.2, 0) is 9.53 Å². The molecule has 0 unspecified atom stereocenters. The summed E-state index contributed by atoms with van der Waals surface area (Å²) in [7, 11) is 1.21. The predicted octanol–water partition coefficient (Wildman–Crippen LogP) is 1.98. The van der Waals surface area contributed by atoms with Crippen LogP contribution < -0.4 is 5.32 Å². The molecule has 6 nitrogen and oxygen atoms in total. The average molecular weight is 250 g/mol. The third-order valence-electron chi connectivity index (χ3n) is 2.32. The van der Waals surface area contributed by atoms with E-state index >= 15 is 0 Å². The number of carbonyl (C=O) groups is 2. The van der Waals surface area contributed by atoms with Gasteiger partial charge < -0.3 is 9.15 Å². The molecule has 1 aromatic rings. The third-order valence-corrected chi connectivity index (χ3v) is 2.32. The van der Waals surface area contributed by atoms with Crippen LogP contribution in [0.5, 0.6) is 0 Å². The molecular weight excluding hydrogens is 236 g/mol. The number of hydrogen-bond acceptors (Lipinski definition) is 5. The van der Waals surface area contributed by atoms with Gasteiger partial charge in [-0.25, -0.2) is 4.79 Å². The second-order valence-corrected chi connectivity index (χ2v) is 3.64. The smallest absolute Gasteiger partial charge is 0.342 e. The van der Waals surface area contributed by atoms with E-state index in [1.165, 1.54) is 14.0 Å². The molecule has 18 heavy (non-hydrogen) atoms. The Morgan fingerprint density at radius 1 is 1.50 bits per heavy atom. The zero-order chi connectivity index (χ0) is 13.7. The van der Waals surface area contributed by atoms with Gasteiger partial charge in [0.1, 0.15) is 23.0 Å². The Balaban J connectivity index is 3.12. The van der Waals surface area contributed by atoms with Crippen LogP contribution in [0.3, 0.4) is 0 Å². The van der Waals surface area contributed by atoms with E-state index in [1.807, 2.05) is 13.0 Å². The summed E-state index contributed by atoms with van der Waals surface area (Å²) in [4.78, 5) is 22.9. The Labute approximate surface area is 105 Å². The average Bonchev–Trinajstić information content (AvgIpc) is 2.64. The highest BCUT2D eigenvalue weighted by Gasteiger charge is 2.25. The summed E-state index contributed by atoms with van der Waals surface area (Å²) in [5.74, 6) is -0.693. The molecule has 0 saturated carbocycles. The van der Waals surface area contributed by atoms with Gasteiger partial charge in [0.15, 0.2) is 0 Å². The maximum Gasteiger partial charge on any atom is 0.342 e. The molecule has 0 saturated heterocycles. The molecule has 1 amide bonds. The van der Waals surface area contributed by atoms with Crippen LogP contribution in [0.15, 0.2) is 4.42 Å². The molecular formula is C12H14N2O4. The molecule has 0 aliphatic heterocycles. The van der Waals surface area contributed by atoms with Crippen molar-refractivity contribution in [2.45, 2.75) is 26.7 Å². The van der Waals surface area contributed by atoms with Gasteiger partial charge in [0, 0.05) is 6.42 Å². The van der Waals surface area contributed by atoms with Crippen molar-refractivity contribution in [2.75, 3.05) is 12.4 Å². The molecule has 0 atom stereocenters. The first-order valence-corrected chi connectivity index (χ1v) is 5.46. The van der Waals surface area contributed by atoms with Crippen molar-refractivity contribution < 1.29 is 18.7 Å². The van der Waals surface area contributed by atoms with E-state index in [0.717, 1.165) is 0 Å². The number of esters is 1. The van der Waals surface area contributed by atoms with Gasteiger partial charge in [0.25, 0.3) is 0 Å². The topological polar surface area (TPSA) is 92.3 Å². The summed E-state index contributed by atoms with van der Waals surface area (Å²) in [6.45, 7) is 3.39. The van der Waals surface area contributed by atoms with Gasteiger partial charge in [-0.1, -0.05) is 6.92 Å². The Kier molecular flexibility index (Phi) is 4.49. The lowest BCUT2D eigenvalue weighted by atomic mass is 10.1. The molecule has 0 aromatic carbocycles. The standard InChI is InChI=1S/C12H14N2O4/c1-4-5-9(15)14-11-8(6-13)10(7(2)18-11)12(16)17-3/h4-5H2,1-3H3,(H,14,15). The Hall–Kier alpha value is -2.29. The van der Waals surface area contributed by atoms with Crippen LogP contribution in [0.4, 0.5) is 5.88 Å². The van der Waals surface area contributed by atoms with E-state index in [1.54, 1.807) is 0 Å². The number of methoxy groups -OCH3 is 1. The summed E-state index contributed by atoms with van der Waals surface area (Å²) < 4.78 is 9.78. The molecule has 1 N–H and O–H groups in total. The summed E-state index contributed by atoms with van der Waals surface area (Å²) in [6, 6.07) is 1.84. The quantitative estimate of drug-likeness (QED) is 0.825. The fourth-order valence-electron chi connectivity index (χ4n) is 1.50. The summed E-state index contributed by atoms with van der Waals surface area (Å²) >= 11 is 0. The monoisotopic (exact) mass is 250 g/mol. The van der Waals surface area contributed by atoms with Gasteiger partial charge in [-0.3, -0.25) is 10.1 Å². The highest BCUT2D eigenvalue weighted by Crippen LogP contribution is 2.27. The van der Waals surface area contributed by atoms with Gasteiger partial charge in [-0.15, -0.1) is 0 Å². The van der Waals surface area contributed by atoms with Crippen LogP contribution >= 0.6 is 0 Å². The molecule has 0 bridgehead atoms. The fraction of sp³-hybridized carbons (Fsp3) is 0.417. The summed E-state index contributed by atoms with van der Waals surface area (Å²) in [6.07, 6.45) is 0.995. The lowest BCUT2D eigenvalue weighted by Crippen LogP contribution is -2.11. The minimum Gasteiger partial charge on any atom is -0.465 e. The van der Waals surface area contributed by atoms with Crippen LogP contribution in [0.25, 0.3) is 0 Å². The lowest BCUT2D eigenvalue weighted by molar-refractivity contribution is -0.116. The number of aryl methyl sites for hydroxylation is 1. The second kappa shape index (κ2) is 5.87. The molecule has 6 heteroatoms. The molecule has 1 heterocycles. The highest BCUT2D eigenvalue weighted by atomic mass is 16.5. The lowest BCUT2D eigenvalue weighted by Gasteiger charge is -2.00. The first-order valence-electron chi connectivity index (χ1n) is 5.46. The van der Waals surface area contributed by atoms with Crippen molar-refractivity contribution in [2.24, 2.45) is 0 Å². The SMILES string of the molecule is CCCC(=O)Nc1oc(C)c(C(=O)OC)c1C#N. The first-order chi connectivity index (χ1) is 8.54. The number of amides is 1. The van der Waals surface area contributed by atoms with Crippen LogP contribution in [0.2, 0.25) is 0 Å². The van der Waals surface area contributed by atoms with Gasteiger partial charge in [0.2, 0.25) is 11.8 Å². The summed E-state index contributed by atoms with van der Waals surface area (Å²) in [5, 5.41) is 11.5. The van der Waals surface area contributed by atoms with Crippen LogP contribution in [-0.4, -0.2) is 19.0 Å². The van der Waals surface area contributed by atoms with E-state index < -0.39 is 5.97 Å². The van der Waals surface area contributed by atoms with E-state index in [-0.39, 0.29) is 28.7 Å². The molecule has 0 aliphatic rings. The number of nitrogens with zero attached hydrogens (tertiary/aromatic N) is 1. The van der Waals surface area contributed by atoms with E-state index in [2.05, 4.69) is 10.1 Å². The number of anilines is 1. The van der Waals surface area contributed by atoms with Crippen molar-refractivity contribution in [1.82, 2.24) is 0 Å². The molecule has 1 rings (SSSR count). The minimum absolute atomic E-state index is 0.00569. The molecule has 96 valence electrons. The minimum atomic E-state index is -0.663. The van der Waals surface area contributed by atoms with E-state index in [4.69, 9.17) is 9.68 Å². The number of ether oxygens (including phenoxy) is 1. The number of nitriles is 1. The normalized spacial score (nSPS) is 9.67. The van der Waals surface area contributed by atoms with Crippen LogP contribution in [0.1, 0.15) is 41.4 Å². The third kappa shape index (κ3) is 2.69. The van der Waals surface area contributed by atoms with Crippen molar-refractivity contribution in [1.29, 1.82) is 5.26 Å². The maximum atomic E-state index is 11.5. The number of rotatable bonds is 4.